The fourth-order valence-electron chi connectivity index (χ4n) is 0.865. The predicted octanol–water partition coefficient (Wildman–Crippen LogP) is 0.811. The summed E-state index contributed by atoms with van der Waals surface area (Å²) in [4.78, 5) is 4.05. The fourth-order valence-corrected chi connectivity index (χ4v) is 0.865. The minimum atomic E-state index is 0.602. The maximum absolute atomic E-state index is 5.74. The molecule has 0 fully saturated rings. The van der Waals surface area contributed by atoms with E-state index in [1.165, 1.54) is 0 Å². The summed E-state index contributed by atoms with van der Waals surface area (Å²) in [6, 6.07) is 0. The van der Waals surface area contributed by atoms with Crippen molar-refractivity contribution in [1.29, 1.82) is 0 Å². The van der Waals surface area contributed by atoms with E-state index < -0.39 is 0 Å². The molecule has 0 atom stereocenters. The molecule has 4 N–H and O–H groups in total. The third-order valence-corrected chi connectivity index (χ3v) is 1.53. The zero-order chi connectivity index (χ0) is 9.84. The second-order valence-corrected chi connectivity index (χ2v) is 2.92. The largest absolute Gasteiger partial charge is 0.402 e. The Morgan fingerprint density at radius 2 is 2.15 bits per heavy atom. The number of hydrogen-bond acceptors (Lipinski definition) is 3. The zero-order valence-corrected chi connectivity index (χ0v) is 7.86. The van der Waals surface area contributed by atoms with Crippen LogP contribution >= 0.6 is 0 Å². The summed E-state index contributed by atoms with van der Waals surface area (Å²) in [5.74, 6) is 0.602. The fraction of sp³-hybridized carbons (Fsp3) is 0.222. The van der Waals surface area contributed by atoms with Crippen molar-refractivity contribution in [2.45, 2.75) is 13.8 Å². The molecular formula is C9H14N4. The van der Waals surface area contributed by atoms with Crippen molar-refractivity contribution in [3.8, 4) is 0 Å². The average Bonchev–Trinajstić information content (AvgIpc) is 2.47. The van der Waals surface area contributed by atoms with E-state index in [0.29, 0.717) is 5.82 Å². The highest BCUT2D eigenvalue weighted by molar-refractivity contribution is 5.44. The van der Waals surface area contributed by atoms with Crippen LogP contribution in [0.3, 0.4) is 0 Å². The number of imidazole rings is 1. The van der Waals surface area contributed by atoms with Gasteiger partial charge < -0.3 is 11.5 Å². The summed E-state index contributed by atoms with van der Waals surface area (Å²) in [6.07, 6.45) is 7.02. The summed E-state index contributed by atoms with van der Waals surface area (Å²) in [7, 11) is 0. The van der Waals surface area contributed by atoms with Crippen LogP contribution in [0.15, 0.2) is 30.4 Å². The molecule has 0 aliphatic rings. The molecule has 0 aliphatic carbocycles. The first-order valence-corrected chi connectivity index (χ1v) is 4.00. The van der Waals surface area contributed by atoms with E-state index in [4.69, 9.17) is 11.5 Å². The van der Waals surface area contributed by atoms with Crippen molar-refractivity contribution >= 4 is 5.82 Å². The third-order valence-electron chi connectivity index (χ3n) is 1.53. The van der Waals surface area contributed by atoms with Crippen molar-refractivity contribution in [2.24, 2.45) is 11.5 Å². The predicted molar refractivity (Wildman–Crippen MR) is 53.4 cm³/mol. The van der Waals surface area contributed by atoms with E-state index in [1.54, 1.807) is 23.0 Å². The van der Waals surface area contributed by atoms with Crippen LogP contribution in [0.25, 0.3) is 5.82 Å². The van der Waals surface area contributed by atoms with Crippen LogP contribution in [0.1, 0.15) is 12.6 Å². The highest BCUT2D eigenvalue weighted by Crippen LogP contribution is 2.00. The van der Waals surface area contributed by atoms with Gasteiger partial charge in [0.2, 0.25) is 0 Å². The molecule has 0 aliphatic heterocycles. The molecule has 1 rings (SSSR count). The van der Waals surface area contributed by atoms with E-state index in [-0.39, 0.29) is 0 Å². The van der Waals surface area contributed by atoms with Crippen molar-refractivity contribution < 1.29 is 0 Å². The molecule has 1 aromatic heterocycles. The number of rotatable bonds is 2. The topological polar surface area (TPSA) is 69.9 Å². The Hall–Kier alpha value is -1.71. The molecule has 0 saturated carbocycles. The van der Waals surface area contributed by atoms with Crippen LogP contribution in [-0.2, 0) is 0 Å². The van der Waals surface area contributed by atoms with Gasteiger partial charge in [0.1, 0.15) is 12.1 Å². The summed E-state index contributed by atoms with van der Waals surface area (Å²) >= 11 is 0. The van der Waals surface area contributed by atoms with Crippen LogP contribution < -0.4 is 11.5 Å². The molecule has 4 heteroatoms. The van der Waals surface area contributed by atoms with Gasteiger partial charge in [-0.3, -0.25) is 4.57 Å². The highest BCUT2D eigenvalue weighted by atomic mass is 15.1. The van der Waals surface area contributed by atoms with Crippen molar-refractivity contribution in [1.82, 2.24) is 9.55 Å². The second kappa shape index (κ2) is 3.80. The average molecular weight is 178 g/mol. The Balaban J connectivity index is 2.85. The summed E-state index contributed by atoms with van der Waals surface area (Å²) in [6.45, 7) is 3.72. The van der Waals surface area contributed by atoms with E-state index in [0.717, 1.165) is 11.4 Å². The van der Waals surface area contributed by atoms with Gasteiger partial charge in [0, 0.05) is 11.9 Å². The maximum Gasteiger partial charge on any atom is 0.108 e. The number of nitrogens with two attached hydrogens (primary N) is 2. The van der Waals surface area contributed by atoms with Gasteiger partial charge in [-0.25, -0.2) is 4.98 Å². The van der Waals surface area contributed by atoms with Crippen LogP contribution in [0.4, 0.5) is 0 Å². The number of hydrogen-bond donors (Lipinski definition) is 2. The van der Waals surface area contributed by atoms with Crippen molar-refractivity contribution in [3.63, 3.8) is 0 Å². The second-order valence-electron chi connectivity index (χ2n) is 2.92. The van der Waals surface area contributed by atoms with Gasteiger partial charge in [-0.15, -0.1) is 0 Å². The molecule has 0 unspecified atom stereocenters. The molecular weight excluding hydrogens is 164 g/mol. The monoisotopic (exact) mass is 178 g/mol. The number of aryl methyl sites for hydroxylation is 1. The summed E-state index contributed by atoms with van der Waals surface area (Å²) in [5.41, 5.74) is 12.9. The first-order valence-electron chi connectivity index (χ1n) is 4.00. The van der Waals surface area contributed by atoms with Crippen LogP contribution in [-0.4, -0.2) is 9.55 Å². The molecule has 4 nitrogen and oxygen atoms in total. The lowest BCUT2D eigenvalue weighted by Gasteiger charge is -1.98. The van der Waals surface area contributed by atoms with Crippen LogP contribution in [0, 0.1) is 6.92 Å². The van der Waals surface area contributed by atoms with Gasteiger partial charge in [0.05, 0.1) is 5.69 Å². The van der Waals surface area contributed by atoms with Gasteiger partial charge in [-0.05, 0) is 26.0 Å². The quantitative estimate of drug-likeness (QED) is 0.658. The SMILES string of the molecule is C/C(N)=C/C=C(\N)n1cnc(C)c1. The molecule has 0 radical (unpaired) electrons. The maximum atomic E-state index is 5.74. The van der Waals surface area contributed by atoms with Gasteiger partial charge in [-0.2, -0.15) is 0 Å². The van der Waals surface area contributed by atoms with Crippen LogP contribution in [0.2, 0.25) is 0 Å². The Bertz CT molecular complexity index is 342. The molecule has 0 saturated heterocycles. The lowest BCUT2D eigenvalue weighted by Crippen LogP contribution is -2.03. The van der Waals surface area contributed by atoms with Crippen molar-refractivity contribution in [3.05, 3.63) is 36.1 Å². The molecule has 0 aromatic carbocycles. The van der Waals surface area contributed by atoms with E-state index in [2.05, 4.69) is 4.98 Å². The summed E-state index contributed by atoms with van der Waals surface area (Å²) in [5, 5.41) is 0. The van der Waals surface area contributed by atoms with Gasteiger partial charge in [0.15, 0.2) is 0 Å². The minimum absolute atomic E-state index is 0.602. The first kappa shape index (κ1) is 9.38. The van der Waals surface area contributed by atoms with Crippen LogP contribution in [0.5, 0.6) is 0 Å². The Kier molecular flexibility index (Phi) is 2.74. The van der Waals surface area contributed by atoms with E-state index >= 15 is 0 Å². The molecule has 0 bridgehead atoms. The van der Waals surface area contributed by atoms with E-state index in [9.17, 15) is 0 Å². The smallest absolute Gasteiger partial charge is 0.108 e. The number of nitrogens with zero attached hydrogens (tertiary/aromatic N) is 2. The van der Waals surface area contributed by atoms with E-state index in [1.807, 2.05) is 20.0 Å². The number of aromatic nitrogens is 2. The summed E-state index contributed by atoms with van der Waals surface area (Å²) < 4.78 is 1.74. The molecule has 13 heavy (non-hydrogen) atoms. The molecule has 1 heterocycles. The number of allylic oxidation sites excluding steroid dienone is 3. The normalized spacial score (nSPS) is 13.4. The molecule has 0 spiro atoms. The first-order chi connectivity index (χ1) is 6.09. The Morgan fingerprint density at radius 3 is 2.62 bits per heavy atom. The lowest BCUT2D eigenvalue weighted by atomic mass is 10.4. The lowest BCUT2D eigenvalue weighted by molar-refractivity contribution is 1.06. The minimum Gasteiger partial charge on any atom is -0.402 e. The van der Waals surface area contributed by atoms with Gasteiger partial charge >= 0.3 is 0 Å². The van der Waals surface area contributed by atoms with Crippen molar-refractivity contribution in [2.75, 3.05) is 0 Å². The highest BCUT2D eigenvalue weighted by Gasteiger charge is 1.93. The standard InChI is InChI=1S/C9H14N4/c1-7(10)3-4-9(11)13-5-8(2)12-6-13/h3-6H,10-11H2,1-2H3/b7-3-,9-4+. The third kappa shape index (κ3) is 2.66. The molecule has 1 aromatic rings. The Morgan fingerprint density at radius 1 is 1.46 bits per heavy atom. The zero-order valence-electron chi connectivity index (χ0n) is 7.86. The molecule has 0 amide bonds. The van der Waals surface area contributed by atoms with Gasteiger partial charge in [-0.1, -0.05) is 0 Å². The van der Waals surface area contributed by atoms with Gasteiger partial charge in [0.25, 0.3) is 0 Å². The molecule has 70 valence electrons. The Labute approximate surface area is 77.6 Å².